The maximum absolute atomic E-state index is 12.7. The lowest BCUT2D eigenvalue weighted by Gasteiger charge is -2.19. The van der Waals surface area contributed by atoms with Gasteiger partial charge in [0.15, 0.2) is 0 Å². The number of hydrogen-bond acceptors (Lipinski definition) is 5. The Balaban J connectivity index is 1.45. The van der Waals surface area contributed by atoms with Crippen molar-refractivity contribution >= 4 is 50.3 Å². The van der Waals surface area contributed by atoms with Crippen LogP contribution in [-0.2, 0) is 10.0 Å². The first-order valence-corrected chi connectivity index (χ1v) is 11.7. The molecule has 0 saturated heterocycles. The summed E-state index contributed by atoms with van der Waals surface area (Å²) in [7, 11) is -2.24. The first-order chi connectivity index (χ1) is 15.9. The lowest BCUT2D eigenvalue weighted by molar-refractivity contribution is 0.0955. The summed E-state index contributed by atoms with van der Waals surface area (Å²) < 4.78 is 26.7. The van der Waals surface area contributed by atoms with Gasteiger partial charge in [-0.2, -0.15) is 5.10 Å². The number of carbonyl (C=O) groups is 1. The van der Waals surface area contributed by atoms with Crippen LogP contribution in [0.3, 0.4) is 0 Å². The van der Waals surface area contributed by atoms with E-state index in [0.717, 1.165) is 15.2 Å². The molecule has 166 valence electrons. The number of carbonyl (C=O) groups excluding carboxylic acids is 1. The maximum atomic E-state index is 12.7. The summed E-state index contributed by atoms with van der Waals surface area (Å²) in [5.41, 5.74) is 4.52. The van der Waals surface area contributed by atoms with Crippen LogP contribution in [0.2, 0.25) is 5.15 Å². The van der Waals surface area contributed by atoms with Crippen molar-refractivity contribution in [3.05, 3.63) is 101 Å². The molecule has 0 unspecified atom stereocenters. The monoisotopic (exact) mass is 478 g/mol. The predicted octanol–water partition coefficient (Wildman–Crippen LogP) is 4.48. The molecule has 0 atom stereocenters. The summed E-state index contributed by atoms with van der Waals surface area (Å²) in [6, 6.07) is 23.7. The molecule has 0 radical (unpaired) electrons. The van der Waals surface area contributed by atoms with Crippen LogP contribution in [0, 0.1) is 0 Å². The number of benzene rings is 3. The van der Waals surface area contributed by atoms with Crippen LogP contribution in [-0.4, -0.2) is 32.6 Å². The van der Waals surface area contributed by atoms with Gasteiger partial charge in [-0.1, -0.05) is 48.0 Å². The molecular weight excluding hydrogens is 460 g/mol. The van der Waals surface area contributed by atoms with Crippen molar-refractivity contribution in [3.63, 3.8) is 0 Å². The maximum Gasteiger partial charge on any atom is 0.271 e. The fraction of sp³-hybridized carbons (Fsp3) is 0.0417. The summed E-state index contributed by atoms with van der Waals surface area (Å²) in [6.45, 7) is 0. The summed E-state index contributed by atoms with van der Waals surface area (Å²) in [5.74, 6) is -0.448. The molecule has 0 aliphatic heterocycles. The topological polar surface area (TPSA) is 91.7 Å². The quantitative estimate of drug-likeness (QED) is 0.251. The third-order valence-corrected chi connectivity index (χ3v) is 7.07. The predicted molar refractivity (Wildman–Crippen MR) is 130 cm³/mol. The van der Waals surface area contributed by atoms with Gasteiger partial charge >= 0.3 is 0 Å². The summed E-state index contributed by atoms with van der Waals surface area (Å²) >= 11 is 6.19. The molecule has 1 N–H and O–H groups in total. The van der Waals surface area contributed by atoms with E-state index in [0.29, 0.717) is 16.8 Å². The van der Waals surface area contributed by atoms with Crippen molar-refractivity contribution in [3.8, 4) is 0 Å². The van der Waals surface area contributed by atoms with E-state index < -0.39 is 15.9 Å². The van der Waals surface area contributed by atoms with E-state index in [4.69, 9.17) is 11.6 Å². The van der Waals surface area contributed by atoms with Crippen LogP contribution < -0.4 is 9.73 Å². The second-order valence-corrected chi connectivity index (χ2v) is 9.42. The minimum atomic E-state index is -3.70. The van der Waals surface area contributed by atoms with Crippen molar-refractivity contribution in [2.45, 2.75) is 4.90 Å². The molecular formula is C24H19ClN4O3S. The van der Waals surface area contributed by atoms with Crippen LogP contribution in [0.4, 0.5) is 5.69 Å². The van der Waals surface area contributed by atoms with Crippen molar-refractivity contribution < 1.29 is 13.2 Å². The van der Waals surface area contributed by atoms with E-state index >= 15 is 0 Å². The molecule has 1 heterocycles. The van der Waals surface area contributed by atoms with Crippen molar-refractivity contribution in [1.29, 1.82) is 0 Å². The van der Waals surface area contributed by atoms with Crippen molar-refractivity contribution in [2.75, 3.05) is 11.4 Å². The Bertz CT molecular complexity index is 1440. The standard InChI is InChI=1S/C24H19ClN4O3S/c1-29(33(31,32)21-8-3-2-4-9-21)20-13-11-17(12-14-20)24(30)28-26-16-19-15-18-7-5-6-10-22(18)27-23(19)25/h2-16H,1H3,(H,28,30)/b26-16+. The Morgan fingerprint density at radius 3 is 2.39 bits per heavy atom. The second kappa shape index (κ2) is 9.40. The largest absolute Gasteiger partial charge is 0.271 e. The van der Waals surface area contributed by atoms with Crippen molar-refractivity contribution in [1.82, 2.24) is 10.4 Å². The summed E-state index contributed by atoms with van der Waals surface area (Å²) in [4.78, 5) is 16.9. The van der Waals surface area contributed by atoms with Crippen LogP contribution >= 0.6 is 11.6 Å². The van der Waals surface area contributed by atoms with Gasteiger partial charge in [-0.05, 0) is 48.5 Å². The van der Waals surface area contributed by atoms with E-state index in [1.807, 2.05) is 30.3 Å². The molecule has 0 bridgehead atoms. The van der Waals surface area contributed by atoms with E-state index in [1.54, 1.807) is 30.3 Å². The normalized spacial score (nSPS) is 11.6. The highest BCUT2D eigenvalue weighted by Crippen LogP contribution is 2.22. The number of sulfonamides is 1. The van der Waals surface area contributed by atoms with Gasteiger partial charge in [-0.25, -0.2) is 18.8 Å². The number of halogens is 1. The molecule has 0 aliphatic carbocycles. The SMILES string of the molecule is CN(c1ccc(C(=O)N/N=C/c2cc3ccccc3nc2Cl)cc1)S(=O)(=O)c1ccccc1. The van der Waals surface area contributed by atoms with Gasteiger partial charge in [0.25, 0.3) is 15.9 Å². The number of rotatable bonds is 6. The Morgan fingerprint density at radius 2 is 1.67 bits per heavy atom. The van der Waals surface area contributed by atoms with Gasteiger partial charge < -0.3 is 0 Å². The van der Waals surface area contributed by atoms with Crippen molar-refractivity contribution in [2.24, 2.45) is 5.10 Å². The average molecular weight is 479 g/mol. The Morgan fingerprint density at radius 1 is 1.00 bits per heavy atom. The molecule has 0 fully saturated rings. The molecule has 3 aromatic carbocycles. The number of aromatic nitrogens is 1. The number of fused-ring (bicyclic) bond motifs is 1. The number of para-hydroxylation sites is 1. The molecule has 4 aromatic rings. The number of amides is 1. The smallest absolute Gasteiger partial charge is 0.269 e. The molecule has 1 amide bonds. The fourth-order valence-corrected chi connectivity index (χ4v) is 4.55. The van der Waals surface area contributed by atoms with Crippen LogP contribution in [0.15, 0.2) is 94.9 Å². The number of pyridine rings is 1. The molecule has 0 saturated carbocycles. The lowest BCUT2D eigenvalue weighted by Crippen LogP contribution is -2.26. The number of hydrogen-bond donors (Lipinski definition) is 1. The highest BCUT2D eigenvalue weighted by atomic mass is 35.5. The number of nitrogens with one attached hydrogen (secondary N) is 1. The van der Waals surface area contributed by atoms with E-state index in [2.05, 4.69) is 15.5 Å². The first-order valence-electron chi connectivity index (χ1n) is 9.89. The highest BCUT2D eigenvalue weighted by Gasteiger charge is 2.21. The number of hydrazone groups is 1. The summed E-state index contributed by atoms with van der Waals surface area (Å²) in [5, 5.41) is 5.15. The van der Waals surface area contributed by atoms with E-state index in [9.17, 15) is 13.2 Å². The molecule has 0 aliphatic rings. The van der Waals surface area contributed by atoms with Gasteiger partial charge in [0, 0.05) is 23.6 Å². The Labute approximate surface area is 196 Å². The lowest BCUT2D eigenvalue weighted by atomic mass is 10.2. The van der Waals surface area contributed by atoms with E-state index in [1.165, 1.54) is 37.5 Å². The zero-order valence-corrected chi connectivity index (χ0v) is 19.1. The Kier molecular flexibility index (Phi) is 6.39. The number of nitrogens with zero attached hydrogens (tertiary/aromatic N) is 3. The third kappa shape index (κ3) is 4.87. The minimum Gasteiger partial charge on any atom is -0.269 e. The van der Waals surface area contributed by atoms with Gasteiger partial charge in [-0.3, -0.25) is 9.10 Å². The highest BCUT2D eigenvalue weighted by molar-refractivity contribution is 7.92. The van der Waals surface area contributed by atoms with Gasteiger partial charge in [0.05, 0.1) is 22.3 Å². The van der Waals surface area contributed by atoms with Crippen LogP contribution in [0.5, 0.6) is 0 Å². The average Bonchev–Trinajstić information content (AvgIpc) is 2.84. The molecule has 4 rings (SSSR count). The van der Waals surface area contributed by atoms with E-state index in [-0.39, 0.29) is 10.0 Å². The number of anilines is 1. The minimum absolute atomic E-state index is 0.186. The molecule has 33 heavy (non-hydrogen) atoms. The Hall–Kier alpha value is -3.75. The zero-order valence-electron chi connectivity index (χ0n) is 17.5. The third-order valence-electron chi connectivity index (χ3n) is 4.97. The van der Waals surface area contributed by atoms with Gasteiger partial charge in [0.2, 0.25) is 0 Å². The van der Waals surface area contributed by atoms with Crippen LogP contribution in [0.1, 0.15) is 15.9 Å². The molecule has 7 nitrogen and oxygen atoms in total. The molecule has 0 spiro atoms. The van der Waals surface area contributed by atoms with Gasteiger partial charge in [0.1, 0.15) is 5.15 Å². The van der Waals surface area contributed by atoms with Gasteiger partial charge in [-0.15, -0.1) is 0 Å². The fourth-order valence-electron chi connectivity index (χ4n) is 3.14. The first kappa shape index (κ1) is 22.4. The molecule has 1 aromatic heterocycles. The zero-order chi connectivity index (χ0) is 23.4. The summed E-state index contributed by atoms with van der Waals surface area (Å²) in [6.07, 6.45) is 1.42. The second-order valence-electron chi connectivity index (χ2n) is 7.09. The molecule has 9 heteroatoms. The van der Waals surface area contributed by atoms with Crippen LogP contribution in [0.25, 0.3) is 10.9 Å².